The molecular weight excluding hydrogens is 751 g/mol. The van der Waals surface area contributed by atoms with Crippen molar-refractivity contribution in [2.45, 2.75) is 47.5 Å². The van der Waals surface area contributed by atoms with Gasteiger partial charge in [0.05, 0.1) is 0 Å². The maximum atomic E-state index is 9.50. The molecule has 2 heterocycles. The van der Waals surface area contributed by atoms with E-state index >= 15 is 0 Å². The molecule has 0 saturated carbocycles. The number of aryl methyl sites for hydroxylation is 3. The first-order valence-electron chi connectivity index (χ1n) is 15.8. The minimum absolute atomic E-state index is 0. The molecule has 4 heteroatoms. The van der Waals surface area contributed by atoms with Crippen molar-refractivity contribution in [2.24, 2.45) is 5.92 Å². The van der Waals surface area contributed by atoms with Gasteiger partial charge in [-0.3, -0.25) is 0 Å². The minimum atomic E-state index is 0. The predicted octanol–water partition coefficient (Wildman–Crippen LogP) is 10.3. The molecule has 3 nitrogen and oxygen atoms in total. The average Bonchev–Trinajstić information content (AvgIpc) is 3.07. The third-order valence-corrected chi connectivity index (χ3v) is 7.95. The molecule has 0 aliphatic carbocycles. The Hall–Kier alpha value is -4.68. The average molecular weight is 790 g/mol. The molecule has 1 radical (unpaired) electrons. The van der Waals surface area contributed by atoms with E-state index in [-0.39, 0.29) is 20.1 Å². The van der Waals surface area contributed by atoms with Crippen LogP contribution in [0.1, 0.15) is 52.8 Å². The van der Waals surface area contributed by atoms with Gasteiger partial charge in [-0.25, -0.2) is 5.26 Å². The fourth-order valence-corrected chi connectivity index (χ4v) is 5.40. The van der Waals surface area contributed by atoms with Crippen molar-refractivity contribution in [1.82, 2.24) is 9.97 Å². The summed E-state index contributed by atoms with van der Waals surface area (Å²) in [6, 6.07) is 43.6. The first-order chi connectivity index (χ1) is 22.3. The van der Waals surface area contributed by atoms with Crippen LogP contribution in [-0.4, -0.2) is 9.97 Å². The van der Waals surface area contributed by atoms with Gasteiger partial charge in [0, 0.05) is 38.6 Å². The van der Waals surface area contributed by atoms with Crippen molar-refractivity contribution in [3.05, 3.63) is 167 Å². The molecule has 6 aromatic rings. The molecule has 237 valence electrons. The number of nitrogens with zero attached hydrogens (tertiary/aromatic N) is 3. The van der Waals surface area contributed by atoms with E-state index < -0.39 is 0 Å². The van der Waals surface area contributed by atoms with Crippen LogP contribution in [-0.2, 0) is 32.9 Å². The molecule has 0 spiro atoms. The largest absolute Gasteiger partial charge is 0.304 e. The zero-order chi connectivity index (χ0) is 32.5. The summed E-state index contributed by atoms with van der Waals surface area (Å²) >= 11 is 0. The Balaban J connectivity index is 0.000000229. The quantitative estimate of drug-likeness (QED) is 0.151. The molecule has 0 saturated heterocycles. The molecule has 6 rings (SSSR count). The zero-order valence-electron chi connectivity index (χ0n) is 27.6. The van der Waals surface area contributed by atoms with Crippen molar-refractivity contribution < 1.29 is 20.1 Å². The van der Waals surface area contributed by atoms with E-state index in [1.165, 1.54) is 27.8 Å². The summed E-state index contributed by atoms with van der Waals surface area (Å²) in [6.45, 7) is 10.8. The second kappa shape index (κ2) is 16.8. The third-order valence-electron chi connectivity index (χ3n) is 7.95. The van der Waals surface area contributed by atoms with Crippen molar-refractivity contribution in [1.29, 1.82) is 5.26 Å². The number of benzene rings is 4. The Morgan fingerprint density at radius 1 is 0.702 bits per heavy atom. The number of nitriles is 1. The molecule has 0 bridgehead atoms. The van der Waals surface area contributed by atoms with Gasteiger partial charge in [0.2, 0.25) is 0 Å². The first-order valence-corrected chi connectivity index (χ1v) is 15.8. The number of aromatic nitrogens is 2. The van der Waals surface area contributed by atoms with E-state index in [0.717, 1.165) is 45.6 Å². The van der Waals surface area contributed by atoms with Gasteiger partial charge in [-0.15, -0.1) is 64.7 Å². The Bertz CT molecular complexity index is 1940. The molecule has 0 atom stereocenters. The molecule has 2 aromatic heterocycles. The molecule has 47 heavy (non-hydrogen) atoms. The third kappa shape index (κ3) is 9.43. The smallest absolute Gasteiger partial charge is 0.0479 e. The van der Waals surface area contributed by atoms with Gasteiger partial charge in [0.25, 0.3) is 0 Å². The molecule has 0 amide bonds. The summed E-state index contributed by atoms with van der Waals surface area (Å²) in [5, 5.41) is 9.50. The second-order valence-corrected chi connectivity index (χ2v) is 12.2. The Morgan fingerprint density at radius 2 is 1.36 bits per heavy atom. The number of hydrogen-bond acceptors (Lipinski definition) is 3. The van der Waals surface area contributed by atoms with Gasteiger partial charge in [-0.2, -0.15) is 0 Å². The fraction of sp³-hybridized carbons (Fsp3) is 0.186. The van der Waals surface area contributed by atoms with Crippen LogP contribution in [0.4, 0.5) is 0 Å². The van der Waals surface area contributed by atoms with E-state index in [1.54, 1.807) is 6.07 Å². The van der Waals surface area contributed by atoms with Gasteiger partial charge in [0.1, 0.15) is 0 Å². The van der Waals surface area contributed by atoms with Gasteiger partial charge in [-0.1, -0.05) is 99.1 Å². The van der Waals surface area contributed by atoms with E-state index in [9.17, 15) is 5.26 Å². The van der Waals surface area contributed by atoms with Crippen LogP contribution in [0.5, 0.6) is 0 Å². The summed E-state index contributed by atoms with van der Waals surface area (Å²) in [5.74, 6) is 0.669. The number of pyridine rings is 2. The predicted molar refractivity (Wildman–Crippen MR) is 189 cm³/mol. The monoisotopic (exact) mass is 790 g/mol. The SMILES string of the molecule is Cc1c[c-]c(-c2cc(C)c(CC(C)C)cn2)cc1.Cc1cnc(-c2[c-]cc(C#N)c(Cc3ccccc3)c2)cc1-c1ccccc1.[Ir]. The summed E-state index contributed by atoms with van der Waals surface area (Å²) in [5.41, 5.74) is 14.0. The van der Waals surface area contributed by atoms with E-state index in [1.807, 2.05) is 60.9 Å². The summed E-state index contributed by atoms with van der Waals surface area (Å²) in [7, 11) is 0. The molecule has 0 unspecified atom stereocenters. The summed E-state index contributed by atoms with van der Waals surface area (Å²) in [4.78, 5) is 9.19. The Morgan fingerprint density at radius 3 is 2.00 bits per heavy atom. The molecule has 4 aromatic carbocycles. The maximum Gasteiger partial charge on any atom is 0.0479 e. The summed E-state index contributed by atoms with van der Waals surface area (Å²) < 4.78 is 0. The van der Waals surface area contributed by atoms with E-state index in [4.69, 9.17) is 0 Å². The van der Waals surface area contributed by atoms with Gasteiger partial charge >= 0.3 is 0 Å². The van der Waals surface area contributed by atoms with Crippen LogP contribution >= 0.6 is 0 Å². The van der Waals surface area contributed by atoms with Crippen molar-refractivity contribution in [3.8, 4) is 39.7 Å². The number of hydrogen-bond donors (Lipinski definition) is 0. The summed E-state index contributed by atoms with van der Waals surface area (Å²) in [6.07, 6.45) is 5.72. The topological polar surface area (TPSA) is 49.6 Å². The van der Waals surface area contributed by atoms with Gasteiger partial charge < -0.3 is 9.97 Å². The van der Waals surface area contributed by atoms with Gasteiger partial charge in [0.15, 0.2) is 0 Å². The van der Waals surface area contributed by atoms with Crippen LogP contribution < -0.4 is 0 Å². The van der Waals surface area contributed by atoms with Crippen LogP contribution in [0.15, 0.2) is 116 Å². The molecular formula is C43H39IrN3-2. The maximum absolute atomic E-state index is 9.50. The zero-order valence-corrected chi connectivity index (χ0v) is 30.0. The first kappa shape index (κ1) is 35.2. The van der Waals surface area contributed by atoms with Crippen LogP contribution in [0.3, 0.4) is 0 Å². The van der Waals surface area contributed by atoms with Crippen molar-refractivity contribution in [3.63, 3.8) is 0 Å². The van der Waals surface area contributed by atoms with Gasteiger partial charge in [-0.05, 0) is 77.4 Å². The second-order valence-electron chi connectivity index (χ2n) is 12.2. The minimum Gasteiger partial charge on any atom is -0.304 e. The Labute approximate surface area is 293 Å². The van der Waals surface area contributed by atoms with Crippen molar-refractivity contribution >= 4 is 0 Å². The Kier molecular flexibility index (Phi) is 12.5. The van der Waals surface area contributed by atoms with Crippen molar-refractivity contribution in [2.75, 3.05) is 0 Å². The fourth-order valence-electron chi connectivity index (χ4n) is 5.40. The van der Waals surface area contributed by atoms with Crippen LogP contribution in [0.2, 0.25) is 0 Å². The van der Waals surface area contributed by atoms with E-state index in [0.29, 0.717) is 17.9 Å². The molecule has 0 N–H and O–H groups in total. The normalized spacial score (nSPS) is 10.4. The standard InChI is InChI=1S/C26H19N2.C17H20N.Ir/c1-19-18-28-26(16-25(19)21-10-6-3-7-11-21)22-12-13-23(17-27)24(15-22)14-20-8-4-2-5-9-20;1-12(2)9-16-11-18-17(10-14(16)4)15-7-5-13(3)6-8-15;/h2-11,13,15-16,18H,14H2,1H3;5-7,10-12H,9H2,1-4H3;/q2*-1;. The molecule has 0 aliphatic heterocycles. The van der Waals surface area contributed by atoms with Crippen LogP contribution in [0, 0.1) is 50.2 Å². The molecule has 0 fully saturated rings. The number of rotatable bonds is 7. The van der Waals surface area contributed by atoms with E-state index in [2.05, 4.69) is 111 Å². The molecule has 0 aliphatic rings. The van der Waals surface area contributed by atoms with Crippen LogP contribution in [0.25, 0.3) is 33.6 Å².